The molecule has 2 amide bonds. The molecule has 154 valence electrons. The van der Waals surface area contributed by atoms with Gasteiger partial charge in [-0.05, 0) is 55.0 Å². The van der Waals surface area contributed by atoms with Gasteiger partial charge in [0.1, 0.15) is 5.75 Å². The van der Waals surface area contributed by atoms with Crippen LogP contribution in [0.5, 0.6) is 5.75 Å². The zero-order valence-electron chi connectivity index (χ0n) is 16.5. The zero-order chi connectivity index (χ0) is 21.2. The van der Waals surface area contributed by atoms with Crippen LogP contribution in [0, 0.1) is 0 Å². The molecular formula is C24H23ClN2O3. The third-order valence-electron chi connectivity index (χ3n) is 4.40. The van der Waals surface area contributed by atoms with E-state index < -0.39 is 0 Å². The third-order valence-corrected chi connectivity index (χ3v) is 4.65. The molecule has 0 fully saturated rings. The second-order valence-electron chi connectivity index (χ2n) is 6.60. The summed E-state index contributed by atoms with van der Waals surface area (Å²) < 4.78 is 5.43. The average Bonchev–Trinajstić information content (AvgIpc) is 2.79. The number of benzene rings is 3. The number of nitrogens with zero attached hydrogens (tertiary/aromatic N) is 1. The fourth-order valence-corrected chi connectivity index (χ4v) is 3.01. The average molecular weight is 423 g/mol. The van der Waals surface area contributed by atoms with Crippen LogP contribution in [-0.4, -0.2) is 31.5 Å². The predicted molar refractivity (Wildman–Crippen MR) is 119 cm³/mol. The SMILES string of the molecule is O=C(COc1ccc(Cl)cc1)NCCCN(C(=O)c1ccccc1)c1ccccc1. The molecule has 0 aliphatic rings. The molecule has 0 radical (unpaired) electrons. The number of hydrogen-bond donors (Lipinski definition) is 1. The minimum atomic E-state index is -0.217. The standard InChI is InChI=1S/C24H23ClN2O3/c25-20-12-14-22(15-13-20)30-18-23(28)26-16-7-17-27(21-10-5-2-6-11-21)24(29)19-8-3-1-4-9-19/h1-6,8-15H,7,16-18H2,(H,26,28). The highest BCUT2D eigenvalue weighted by atomic mass is 35.5. The Morgan fingerprint density at radius 1 is 0.867 bits per heavy atom. The molecule has 0 saturated heterocycles. The molecule has 3 aromatic carbocycles. The maximum Gasteiger partial charge on any atom is 0.258 e. The monoisotopic (exact) mass is 422 g/mol. The van der Waals surface area contributed by atoms with Crippen molar-refractivity contribution in [2.45, 2.75) is 6.42 Å². The molecule has 6 heteroatoms. The molecule has 0 heterocycles. The van der Waals surface area contributed by atoms with Gasteiger partial charge in [0.05, 0.1) is 0 Å². The van der Waals surface area contributed by atoms with Gasteiger partial charge < -0.3 is 15.0 Å². The van der Waals surface area contributed by atoms with Crippen molar-refractivity contribution in [2.24, 2.45) is 0 Å². The van der Waals surface area contributed by atoms with Crippen LogP contribution in [0.4, 0.5) is 5.69 Å². The van der Waals surface area contributed by atoms with Crippen LogP contribution in [0.25, 0.3) is 0 Å². The van der Waals surface area contributed by atoms with Crippen LogP contribution in [0.3, 0.4) is 0 Å². The van der Waals surface area contributed by atoms with Crippen molar-refractivity contribution in [1.82, 2.24) is 5.32 Å². The Kier molecular flexibility index (Phi) is 7.86. The lowest BCUT2D eigenvalue weighted by Crippen LogP contribution is -2.35. The van der Waals surface area contributed by atoms with E-state index in [0.29, 0.717) is 35.8 Å². The number of para-hydroxylation sites is 1. The molecule has 1 N–H and O–H groups in total. The number of halogens is 1. The highest BCUT2D eigenvalue weighted by Crippen LogP contribution is 2.17. The summed E-state index contributed by atoms with van der Waals surface area (Å²) in [5.41, 5.74) is 1.45. The lowest BCUT2D eigenvalue weighted by atomic mass is 10.1. The Morgan fingerprint density at radius 3 is 2.17 bits per heavy atom. The van der Waals surface area contributed by atoms with Gasteiger partial charge in [0.15, 0.2) is 6.61 Å². The molecule has 5 nitrogen and oxygen atoms in total. The first kappa shape index (κ1) is 21.4. The van der Waals surface area contributed by atoms with E-state index in [2.05, 4.69) is 5.32 Å². The fourth-order valence-electron chi connectivity index (χ4n) is 2.89. The van der Waals surface area contributed by atoms with Crippen molar-refractivity contribution in [3.05, 3.63) is 95.5 Å². The smallest absolute Gasteiger partial charge is 0.258 e. The van der Waals surface area contributed by atoms with Gasteiger partial charge in [-0.1, -0.05) is 48.0 Å². The number of amides is 2. The molecule has 3 rings (SSSR count). The molecule has 0 aliphatic heterocycles. The molecule has 0 unspecified atom stereocenters. The Bertz CT molecular complexity index is 947. The van der Waals surface area contributed by atoms with Crippen LogP contribution in [0.2, 0.25) is 5.02 Å². The van der Waals surface area contributed by atoms with Gasteiger partial charge in [-0.2, -0.15) is 0 Å². The van der Waals surface area contributed by atoms with Gasteiger partial charge >= 0.3 is 0 Å². The van der Waals surface area contributed by atoms with Crippen LogP contribution in [0.1, 0.15) is 16.8 Å². The number of nitrogens with one attached hydrogen (secondary N) is 1. The topological polar surface area (TPSA) is 58.6 Å². The summed E-state index contributed by atoms with van der Waals surface area (Å²) in [4.78, 5) is 26.7. The largest absolute Gasteiger partial charge is 0.484 e. The zero-order valence-corrected chi connectivity index (χ0v) is 17.2. The summed E-state index contributed by atoms with van der Waals surface area (Å²) >= 11 is 5.83. The maximum absolute atomic E-state index is 13.0. The minimum Gasteiger partial charge on any atom is -0.484 e. The van der Waals surface area contributed by atoms with Crippen molar-refractivity contribution in [1.29, 1.82) is 0 Å². The molecule has 0 saturated carbocycles. The van der Waals surface area contributed by atoms with E-state index >= 15 is 0 Å². The summed E-state index contributed by atoms with van der Waals surface area (Å²) in [6.45, 7) is 0.844. The quantitative estimate of drug-likeness (QED) is 0.514. The van der Waals surface area contributed by atoms with Gasteiger partial charge in [0, 0.05) is 29.4 Å². The third kappa shape index (κ3) is 6.36. The second-order valence-corrected chi connectivity index (χ2v) is 7.04. The summed E-state index contributed by atoms with van der Waals surface area (Å²) in [5, 5.41) is 3.43. The van der Waals surface area contributed by atoms with Crippen molar-refractivity contribution >= 4 is 29.1 Å². The van der Waals surface area contributed by atoms with Crippen LogP contribution in [-0.2, 0) is 4.79 Å². The molecular weight excluding hydrogens is 400 g/mol. The molecule has 0 bridgehead atoms. The normalized spacial score (nSPS) is 10.3. The summed E-state index contributed by atoms with van der Waals surface area (Å²) in [7, 11) is 0. The van der Waals surface area contributed by atoms with E-state index in [1.165, 1.54) is 0 Å². The highest BCUT2D eigenvalue weighted by molar-refractivity contribution is 6.30. The van der Waals surface area contributed by atoms with E-state index in [4.69, 9.17) is 16.3 Å². The first-order chi connectivity index (χ1) is 14.6. The van der Waals surface area contributed by atoms with Crippen LogP contribution in [0.15, 0.2) is 84.9 Å². The molecule has 0 spiro atoms. The van der Waals surface area contributed by atoms with Crippen molar-refractivity contribution in [3.8, 4) is 5.75 Å². The van der Waals surface area contributed by atoms with Gasteiger partial charge in [0.2, 0.25) is 0 Å². The van der Waals surface area contributed by atoms with Gasteiger partial charge in [-0.3, -0.25) is 9.59 Å². The number of carbonyl (C=O) groups is 2. The van der Waals surface area contributed by atoms with E-state index in [1.807, 2.05) is 48.5 Å². The fraction of sp³-hybridized carbons (Fsp3) is 0.167. The summed E-state index contributed by atoms with van der Waals surface area (Å²) in [6, 6.07) is 25.5. The number of hydrogen-bond acceptors (Lipinski definition) is 3. The van der Waals surface area contributed by atoms with Crippen molar-refractivity contribution in [3.63, 3.8) is 0 Å². The maximum atomic E-state index is 13.0. The molecule has 0 atom stereocenters. The lowest BCUT2D eigenvalue weighted by molar-refractivity contribution is -0.123. The number of anilines is 1. The van der Waals surface area contributed by atoms with Gasteiger partial charge in [-0.15, -0.1) is 0 Å². The van der Waals surface area contributed by atoms with E-state index in [-0.39, 0.29) is 18.4 Å². The molecule has 3 aromatic rings. The second kappa shape index (κ2) is 11.0. The first-order valence-corrected chi connectivity index (χ1v) is 10.1. The number of ether oxygens (including phenoxy) is 1. The predicted octanol–water partition coefficient (Wildman–Crippen LogP) is 4.57. The first-order valence-electron chi connectivity index (χ1n) is 9.70. The highest BCUT2D eigenvalue weighted by Gasteiger charge is 2.17. The Balaban J connectivity index is 1.50. The van der Waals surface area contributed by atoms with Crippen LogP contribution < -0.4 is 15.0 Å². The summed E-state index contributed by atoms with van der Waals surface area (Å²) in [5.74, 6) is 0.294. The van der Waals surface area contributed by atoms with E-state index in [9.17, 15) is 9.59 Å². The van der Waals surface area contributed by atoms with E-state index in [1.54, 1.807) is 41.3 Å². The van der Waals surface area contributed by atoms with Crippen LogP contribution >= 0.6 is 11.6 Å². The van der Waals surface area contributed by atoms with Gasteiger partial charge in [0.25, 0.3) is 11.8 Å². The number of carbonyl (C=O) groups excluding carboxylic acids is 2. The number of rotatable bonds is 9. The Hall–Kier alpha value is -3.31. The minimum absolute atomic E-state index is 0.0702. The Labute approximate surface area is 181 Å². The lowest BCUT2D eigenvalue weighted by Gasteiger charge is -2.23. The van der Waals surface area contributed by atoms with E-state index in [0.717, 1.165) is 5.69 Å². The Morgan fingerprint density at radius 2 is 1.50 bits per heavy atom. The molecule has 0 aliphatic carbocycles. The summed E-state index contributed by atoms with van der Waals surface area (Å²) in [6.07, 6.45) is 0.611. The van der Waals surface area contributed by atoms with Crippen molar-refractivity contribution < 1.29 is 14.3 Å². The molecule has 0 aromatic heterocycles. The molecule has 30 heavy (non-hydrogen) atoms. The van der Waals surface area contributed by atoms with Crippen molar-refractivity contribution in [2.75, 3.05) is 24.6 Å². The van der Waals surface area contributed by atoms with Gasteiger partial charge in [-0.25, -0.2) is 0 Å².